The summed E-state index contributed by atoms with van der Waals surface area (Å²) >= 11 is 3.54. The molecule has 4 heteroatoms. The Balaban J connectivity index is 2.02. The monoisotopic (exact) mass is 327 g/mol. The first-order valence-corrected chi connectivity index (χ1v) is 7.62. The van der Waals surface area contributed by atoms with E-state index in [1.54, 1.807) is 14.0 Å². The second-order valence-electron chi connectivity index (χ2n) is 5.27. The third-order valence-electron chi connectivity index (χ3n) is 3.82. The predicted octanol–water partition coefficient (Wildman–Crippen LogP) is 3.37. The van der Waals surface area contributed by atoms with Gasteiger partial charge >= 0.3 is 0 Å². The van der Waals surface area contributed by atoms with Crippen molar-refractivity contribution < 1.29 is 9.84 Å². The molecule has 1 saturated heterocycles. The van der Waals surface area contributed by atoms with E-state index in [4.69, 9.17) is 4.74 Å². The van der Waals surface area contributed by atoms with Crippen LogP contribution < -0.4 is 4.90 Å². The number of rotatable bonds is 4. The molecule has 1 N–H and O–H groups in total. The molecule has 1 heterocycles. The van der Waals surface area contributed by atoms with Gasteiger partial charge in [0, 0.05) is 37.0 Å². The molecule has 1 aliphatic heterocycles. The highest BCUT2D eigenvalue weighted by atomic mass is 79.9. The number of piperidine rings is 1. The van der Waals surface area contributed by atoms with Gasteiger partial charge in [0.05, 0.1) is 6.10 Å². The molecule has 0 spiro atoms. The van der Waals surface area contributed by atoms with E-state index in [1.165, 1.54) is 18.5 Å². The van der Waals surface area contributed by atoms with Crippen molar-refractivity contribution in [2.45, 2.75) is 25.9 Å². The Hall–Kier alpha value is -0.580. The van der Waals surface area contributed by atoms with Gasteiger partial charge in [0.15, 0.2) is 0 Å². The number of hydrogen-bond donors (Lipinski definition) is 1. The number of aliphatic hydroxyl groups is 1. The molecule has 0 amide bonds. The van der Waals surface area contributed by atoms with Gasteiger partial charge in [-0.1, -0.05) is 22.0 Å². The number of halogens is 1. The van der Waals surface area contributed by atoms with Crippen LogP contribution in [0.2, 0.25) is 0 Å². The molecule has 1 aliphatic rings. The Kier molecular flexibility index (Phi) is 5.25. The van der Waals surface area contributed by atoms with Gasteiger partial charge in [0.25, 0.3) is 0 Å². The van der Waals surface area contributed by atoms with Crippen molar-refractivity contribution in [2.24, 2.45) is 5.92 Å². The Bertz CT molecular complexity index is 415. The summed E-state index contributed by atoms with van der Waals surface area (Å²) in [5.74, 6) is 0.696. The third-order valence-corrected chi connectivity index (χ3v) is 4.50. The van der Waals surface area contributed by atoms with Crippen molar-refractivity contribution in [3.63, 3.8) is 0 Å². The Morgan fingerprint density at radius 3 is 2.63 bits per heavy atom. The lowest BCUT2D eigenvalue weighted by Crippen LogP contribution is -2.35. The van der Waals surface area contributed by atoms with Gasteiger partial charge in [-0.25, -0.2) is 0 Å². The van der Waals surface area contributed by atoms with Gasteiger partial charge in [-0.2, -0.15) is 0 Å². The van der Waals surface area contributed by atoms with Crippen LogP contribution in [0.15, 0.2) is 22.7 Å². The van der Waals surface area contributed by atoms with Gasteiger partial charge in [0.1, 0.15) is 0 Å². The number of aliphatic hydroxyl groups excluding tert-OH is 1. The van der Waals surface area contributed by atoms with E-state index in [-0.39, 0.29) is 0 Å². The average Bonchev–Trinajstić information content (AvgIpc) is 2.39. The van der Waals surface area contributed by atoms with E-state index < -0.39 is 6.10 Å². The molecule has 0 bridgehead atoms. The predicted molar refractivity (Wildman–Crippen MR) is 81.6 cm³/mol. The number of hydrogen-bond acceptors (Lipinski definition) is 3. The number of ether oxygens (including phenoxy) is 1. The van der Waals surface area contributed by atoms with Crippen LogP contribution >= 0.6 is 15.9 Å². The van der Waals surface area contributed by atoms with Gasteiger partial charge in [0.2, 0.25) is 0 Å². The van der Waals surface area contributed by atoms with E-state index >= 15 is 0 Å². The summed E-state index contributed by atoms with van der Waals surface area (Å²) in [6, 6.07) is 6.22. The van der Waals surface area contributed by atoms with Crippen molar-refractivity contribution in [1.82, 2.24) is 0 Å². The van der Waals surface area contributed by atoms with Gasteiger partial charge in [-0.05, 0) is 43.4 Å². The summed E-state index contributed by atoms with van der Waals surface area (Å²) in [5.41, 5.74) is 2.17. The van der Waals surface area contributed by atoms with Gasteiger partial charge < -0.3 is 14.7 Å². The molecule has 2 rings (SSSR count). The topological polar surface area (TPSA) is 32.7 Å². The van der Waals surface area contributed by atoms with Crippen molar-refractivity contribution in [2.75, 3.05) is 31.7 Å². The summed E-state index contributed by atoms with van der Waals surface area (Å²) in [7, 11) is 1.78. The molecule has 1 aromatic rings. The maximum Gasteiger partial charge on any atom is 0.0772 e. The highest BCUT2D eigenvalue weighted by molar-refractivity contribution is 9.10. The first kappa shape index (κ1) is 14.8. The minimum atomic E-state index is -0.434. The summed E-state index contributed by atoms with van der Waals surface area (Å²) in [4.78, 5) is 2.41. The number of nitrogens with zero attached hydrogens (tertiary/aromatic N) is 1. The molecule has 0 unspecified atom stereocenters. The second kappa shape index (κ2) is 6.73. The number of benzene rings is 1. The van der Waals surface area contributed by atoms with Crippen LogP contribution in [0.3, 0.4) is 0 Å². The molecule has 1 aromatic carbocycles. The molecule has 19 heavy (non-hydrogen) atoms. The largest absolute Gasteiger partial charge is 0.389 e. The quantitative estimate of drug-likeness (QED) is 0.920. The second-order valence-corrected chi connectivity index (χ2v) is 6.12. The standard InChI is InChI=1S/C15H22BrNO2/c1-11(18)14-4-3-13(9-15(14)16)17-7-5-12(6-8-17)10-19-2/h3-4,9,11-12,18H,5-8,10H2,1-2H3/t11-/m0/s1. The molecule has 0 aromatic heterocycles. The van der Waals surface area contributed by atoms with Crippen molar-refractivity contribution >= 4 is 21.6 Å². The molecule has 3 nitrogen and oxygen atoms in total. The van der Waals surface area contributed by atoms with E-state index in [1.807, 2.05) is 6.07 Å². The fourth-order valence-corrected chi connectivity index (χ4v) is 3.34. The Labute approximate surface area is 123 Å². The van der Waals surface area contributed by atoms with Gasteiger partial charge in [-0.15, -0.1) is 0 Å². The van der Waals surface area contributed by atoms with E-state index in [0.717, 1.165) is 29.7 Å². The highest BCUT2D eigenvalue weighted by Gasteiger charge is 2.20. The van der Waals surface area contributed by atoms with Crippen LogP contribution in [0.1, 0.15) is 31.4 Å². The molecule has 0 saturated carbocycles. The Morgan fingerprint density at radius 1 is 1.42 bits per heavy atom. The van der Waals surface area contributed by atoms with Gasteiger partial charge in [-0.3, -0.25) is 0 Å². The number of anilines is 1. The summed E-state index contributed by atoms with van der Waals surface area (Å²) in [6.45, 7) is 4.82. The smallest absolute Gasteiger partial charge is 0.0772 e. The minimum Gasteiger partial charge on any atom is -0.389 e. The third kappa shape index (κ3) is 3.71. The van der Waals surface area contributed by atoms with Crippen molar-refractivity contribution in [1.29, 1.82) is 0 Å². The molecule has 1 atom stereocenters. The molecular formula is C15H22BrNO2. The van der Waals surface area contributed by atoms with E-state index in [2.05, 4.69) is 33.0 Å². The minimum absolute atomic E-state index is 0.434. The van der Waals surface area contributed by atoms with Crippen molar-refractivity contribution in [3.05, 3.63) is 28.2 Å². The van der Waals surface area contributed by atoms with Crippen molar-refractivity contribution in [3.8, 4) is 0 Å². The van der Waals surface area contributed by atoms with Crippen LogP contribution in [-0.4, -0.2) is 31.9 Å². The molecule has 106 valence electrons. The fraction of sp³-hybridized carbons (Fsp3) is 0.600. The lowest BCUT2D eigenvalue weighted by Gasteiger charge is -2.33. The summed E-state index contributed by atoms with van der Waals surface area (Å²) < 4.78 is 6.21. The highest BCUT2D eigenvalue weighted by Crippen LogP contribution is 2.30. The zero-order valence-electron chi connectivity index (χ0n) is 11.6. The molecule has 0 aliphatic carbocycles. The normalized spacial score (nSPS) is 18.6. The number of methoxy groups -OCH3 is 1. The Morgan fingerprint density at radius 2 is 2.11 bits per heavy atom. The first-order chi connectivity index (χ1) is 9.11. The van der Waals surface area contributed by atoms with Crippen LogP contribution in [0.4, 0.5) is 5.69 Å². The summed E-state index contributed by atoms with van der Waals surface area (Å²) in [5, 5.41) is 9.64. The lowest BCUT2D eigenvalue weighted by atomic mass is 9.97. The van der Waals surface area contributed by atoms with Crippen LogP contribution in [-0.2, 0) is 4.74 Å². The maximum atomic E-state index is 9.64. The lowest BCUT2D eigenvalue weighted by molar-refractivity contribution is 0.139. The zero-order chi connectivity index (χ0) is 13.8. The average molecular weight is 328 g/mol. The maximum absolute atomic E-state index is 9.64. The zero-order valence-corrected chi connectivity index (χ0v) is 13.2. The SMILES string of the molecule is COCC1CCN(c2ccc([C@H](C)O)c(Br)c2)CC1. The van der Waals surface area contributed by atoms with E-state index in [0.29, 0.717) is 5.92 Å². The molecule has 1 fully saturated rings. The summed E-state index contributed by atoms with van der Waals surface area (Å²) in [6.07, 6.45) is 1.93. The molecular weight excluding hydrogens is 306 g/mol. The first-order valence-electron chi connectivity index (χ1n) is 6.83. The molecule has 0 radical (unpaired) electrons. The van der Waals surface area contributed by atoms with Crippen LogP contribution in [0.25, 0.3) is 0 Å². The van der Waals surface area contributed by atoms with E-state index in [9.17, 15) is 5.11 Å². The van der Waals surface area contributed by atoms with Crippen LogP contribution in [0, 0.1) is 5.92 Å². The fourth-order valence-electron chi connectivity index (χ4n) is 2.65. The van der Waals surface area contributed by atoms with Crippen LogP contribution in [0.5, 0.6) is 0 Å².